The van der Waals surface area contributed by atoms with Gasteiger partial charge in [-0.15, -0.1) is 0 Å². The summed E-state index contributed by atoms with van der Waals surface area (Å²) >= 11 is 0. The van der Waals surface area contributed by atoms with Gasteiger partial charge in [-0.2, -0.15) is 4.72 Å². The summed E-state index contributed by atoms with van der Waals surface area (Å²) in [7, 11) is -2.50. The number of H-pyrrole nitrogens is 1. The highest BCUT2D eigenvalue weighted by molar-refractivity contribution is 7.89. The lowest BCUT2D eigenvalue weighted by molar-refractivity contribution is -0.118. The molecule has 0 aliphatic heterocycles. The fraction of sp³-hybridized carbons (Fsp3) is 0.300. The van der Waals surface area contributed by atoms with Crippen LogP contribution in [0.1, 0.15) is 20.3 Å². The van der Waals surface area contributed by atoms with Crippen molar-refractivity contribution in [2.45, 2.75) is 31.2 Å². The molecule has 10 heteroatoms. The second-order valence-corrected chi connectivity index (χ2v) is 8.91. The second kappa shape index (κ2) is 8.72. The van der Waals surface area contributed by atoms with Gasteiger partial charge in [-0.05, 0) is 48.7 Å². The molecule has 1 amide bonds. The number of hydrogen-bond acceptors (Lipinski definition) is 6. The van der Waals surface area contributed by atoms with Crippen molar-refractivity contribution in [1.29, 1.82) is 0 Å². The van der Waals surface area contributed by atoms with Crippen molar-refractivity contribution in [3.63, 3.8) is 0 Å². The number of rotatable bonds is 8. The van der Waals surface area contributed by atoms with Gasteiger partial charge in [0.15, 0.2) is 5.58 Å². The van der Waals surface area contributed by atoms with Gasteiger partial charge in [0, 0.05) is 11.8 Å². The maximum Gasteiger partial charge on any atom is 0.417 e. The molecule has 0 saturated heterocycles. The maximum atomic E-state index is 12.9. The Labute approximate surface area is 173 Å². The van der Waals surface area contributed by atoms with Gasteiger partial charge in [0.2, 0.25) is 15.9 Å². The summed E-state index contributed by atoms with van der Waals surface area (Å²) in [5.74, 6) is -0.459. The van der Waals surface area contributed by atoms with E-state index in [4.69, 9.17) is 9.15 Å². The second-order valence-electron chi connectivity index (χ2n) is 7.19. The molecule has 0 saturated carbocycles. The zero-order valence-corrected chi connectivity index (χ0v) is 17.6. The first-order valence-corrected chi connectivity index (χ1v) is 10.8. The lowest BCUT2D eigenvalue weighted by Gasteiger charge is -2.20. The number of oxazole rings is 1. The third-order valence-electron chi connectivity index (χ3n) is 4.38. The van der Waals surface area contributed by atoms with Crippen LogP contribution in [0.4, 0.5) is 5.69 Å². The molecule has 3 rings (SSSR count). The van der Waals surface area contributed by atoms with Gasteiger partial charge in [-0.25, -0.2) is 13.2 Å². The number of sulfonamides is 1. The molecule has 3 aromatic rings. The smallest absolute Gasteiger partial charge is 0.417 e. The van der Waals surface area contributed by atoms with E-state index >= 15 is 0 Å². The predicted molar refractivity (Wildman–Crippen MR) is 112 cm³/mol. The minimum Gasteiger partial charge on any atom is -0.497 e. The first kappa shape index (κ1) is 21.6. The van der Waals surface area contributed by atoms with Gasteiger partial charge < -0.3 is 14.5 Å². The molecule has 160 valence electrons. The van der Waals surface area contributed by atoms with Crippen molar-refractivity contribution in [2.24, 2.45) is 5.92 Å². The molecule has 0 spiro atoms. The largest absolute Gasteiger partial charge is 0.497 e. The van der Waals surface area contributed by atoms with Crippen LogP contribution in [0.5, 0.6) is 5.75 Å². The lowest BCUT2D eigenvalue weighted by atomic mass is 10.0. The number of aromatic nitrogens is 1. The molecule has 0 bridgehead atoms. The van der Waals surface area contributed by atoms with Crippen molar-refractivity contribution in [2.75, 3.05) is 12.4 Å². The van der Waals surface area contributed by atoms with Crippen molar-refractivity contribution >= 4 is 32.7 Å². The van der Waals surface area contributed by atoms with Crippen LogP contribution in [-0.4, -0.2) is 32.5 Å². The number of amides is 1. The number of nitrogens with one attached hydrogen (secondary N) is 3. The number of methoxy groups -OCH3 is 1. The van der Waals surface area contributed by atoms with E-state index in [1.807, 2.05) is 13.8 Å². The summed E-state index contributed by atoms with van der Waals surface area (Å²) < 4.78 is 38.2. The number of carbonyl (C=O) groups excluding carboxylic acids is 1. The van der Waals surface area contributed by atoms with E-state index < -0.39 is 27.7 Å². The Hall–Kier alpha value is -3.11. The van der Waals surface area contributed by atoms with Crippen LogP contribution in [0.15, 0.2) is 56.6 Å². The summed E-state index contributed by atoms with van der Waals surface area (Å²) in [5, 5.41) is 2.72. The molecular formula is C20H23N3O6S. The average Bonchev–Trinajstić information content (AvgIpc) is 3.06. The molecule has 0 unspecified atom stereocenters. The molecule has 0 aliphatic rings. The zero-order valence-electron chi connectivity index (χ0n) is 16.8. The van der Waals surface area contributed by atoms with Gasteiger partial charge in [0.25, 0.3) is 0 Å². The quantitative estimate of drug-likeness (QED) is 0.500. The number of carbonyl (C=O) groups is 1. The van der Waals surface area contributed by atoms with Gasteiger partial charge >= 0.3 is 5.76 Å². The monoisotopic (exact) mass is 433 g/mol. The van der Waals surface area contributed by atoms with Crippen LogP contribution in [0.2, 0.25) is 0 Å². The third-order valence-corrected chi connectivity index (χ3v) is 5.85. The number of ether oxygens (including phenoxy) is 1. The van der Waals surface area contributed by atoms with Crippen LogP contribution in [0.3, 0.4) is 0 Å². The van der Waals surface area contributed by atoms with Gasteiger partial charge in [-0.1, -0.05) is 13.8 Å². The summed E-state index contributed by atoms with van der Waals surface area (Å²) in [6, 6.07) is 9.73. The number of aromatic amines is 1. The highest BCUT2D eigenvalue weighted by atomic mass is 32.2. The Balaban J connectivity index is 1.82. The molecule has 30 heavy (non-hydrogen) atoms. The number of fused-ring (bicyclic) bond motifs is 1. The van der Waals surface area contributed by atoms with Crippen LogP contribution >= 0.6 is 0 Å². The molecule has 0 radical (unpaired) electrons. The highest BCUT2D eigenvalue weighted by Crippen LogP contribution is 2.19. The van der Waals surface area contributed by atoms with E-state index in [1.54, 1.807) is 24.3 Å². The Morgan fingerprint density at radius 1 is 1.17 bits per heavy atom. The molecule has 1 aromatic heterocycles. The molecule has 0 aliphatic carbocycles. The molecule has 1 heterocycles. The molecular weight excluding hydrogens is 410 g/mol. The fourth-order valence-corrected chi connectivity index (χ4v) is 4.16. The predicted octanol–water partition coefficient (Wildman–Crippen LogP) is 2.46. The normalized spacial score (nSPS) is 12.8. The first-order valence-electron chi connectivity index (χ1n) is 9.28. The van der Waals surface area contributed by atoms with Gasteiger partial charge in [-0.3, -0.25) is 9.78 Å². The molecule has 1 atom stereocenters. The topological polar surface area (TPSA) is 130 Å². The Bertz CT molecular complexity index is 1200. The zero-order chi connectivity index (χ0) is 21.9. The lowest BCUT2D eigenvalue weighted by Crippen LogP contribution is -2.44. The number of anilines is 1. The van der Waals surface area contributed by atoms with Gasteiger partial charge in [0.05, 0.1) is 17.5 Å². The van der Waals surface area contributed by atoms with Gasteiger partial charge in [0.1, 0.15) is 11.8 Å². The van der Waals surface area contributed by atoms with E-state index in [-0.39, 0.29) is 16.4 Å². The maximum absolute atomic E-state index is 12.9. The summed E-state index contributed by atoms with van der Waals surface area (Å²) in [6.07, 6.45) is 0.294. The van der Waals surface area contributed by atoms with Crippen LogP contribution in [0, 0.1) is 5.92 Å². The summed E-state index contributed by atoms with van der Waals surface area (Å²) in [4.78, 5) is 26.4. The molecule has 9 nitrogen and oxygen atoms in total. The number of hydrogen-bond donors (Lipinski definition) is 3. The van der Waals surface area contributed by atoms with E-state index in [0.29, 0.717) is 23.4 Å². The van der Waals surface area contributed by atoms with E-state index in [1.165, 1.54) is 25.3 Å². The van der Waals surface area contributed by atoms with Crippen molar-refractivity contribution in [3.8, 4) is 5.75 Å². The van der Waals surface area contributed by atoms with Crippen LogP contribution in [-0.2, 0) is 14.8 Å². The Kier molecular flexibility index (Phi) is 6.28. The van der Waals surface area contributed by atoms with Crippen LogP contribution in [0.25, 0.3) is 11.1 Å². The standard InChI is InChI=1S/C20H23N3O6S/c1-12(2)10-17(19(24)21-13-4-6-14(28-3)7-5-13)23-30(26,27)15-8-9-16-18(11-15)29-20(25)22-16/h4-9,11-12,17,23H,10H2,1-3H3,(H,21,24)(H,22,25)/t17-/m0/s1. The number of benzene rings is 2. The molecule has 3 N–H and O–H groups in total. The molecule has 0 fully saturated rings. The Morgan fingerprint density at radius 2 is 1.87 bits per heavy atom. The minimum atomic E-state index is -4.04. The van der Waals surface area contributed by atoms with E-state index in [9.17, 15) is 18.0 Å². The summed E-state index contributed by atoms with van der Waals surface area (Å²) in [6.45, 7) is 3.78. The summed E-state index contributed by atoms with van der Waals surface area (Å²) in [5.41, 5.74) is 1.02. The molecule has 2 aromatic carbocycles. The SMILES string of the molecule is COc1ccc(NC(=O)[C@H](CC(C)C)NS(=O)(=O)c2ccc3[nH]c(=O)oc3c2)cc1. The van der Waals surface area contributed by atoms with Crippen molar-refractivity contribution in [3.05, 3.63) is 53.0 Å². The third kappa shape index (κ3) is 5.08. The minimum absolute atomic E-state index is 0.0597. The fourth-order valence-electron chi connectivity index (χ4n) is 2.93. The first-order chi connectivity index (χ1) is 14.2. The highest BCUT2D eigenvalue weighted by Gasteiger charge is 2.27. The van der Waals surface area contributed by atoms with Crippen LogP contribution < -0.4 is 20.5 Å². The van der Waals surface area contributed by atoms with E-state index in [0.717, 1.165) is 0 Å². The van der Waals surface area contributed by atoms with Crippen molar-refractivity contribution < 1.29 is 22.4 Å². The average molecular weight is 433 g/mol. The van der Waals surface area contributed by atoms with Crippen molar-refractivity contribution in [1.82, 2.24) is 9.71 Å². The van der Waals surface area contributed by atoms with E-state index in [2.05, 4.69) is 15.0 Å². The Morgan fingerprint density at radius 3 is 2.50 bits per heavy atom.